The maximum Gasteiger partial charge on any atom is 0.325 e. The molecule has 1 heterocycles. The first-order valence-electron chi connectivity index (χ1n) is 4.55. The lowest BCUT2D eigenvalue weighted by Gasteiger charge is -1.87. The third kappa shape index (κ3) is 2.94. The van der Waals surface area contributed by atoms with Crippen molar-refractivity contribution in [3.8, 4) is 11.8 Å². The molecule has 1 aromatic heterocycles. The van der Waals surface area contributed by atoms with Gasteiger partial charge in [0.05, 0.1) is 0 Å². The molecule has 4 nitrogen and oxygen atoms in total. The summed E-state index contributed by atoms with van der Waals surface area (Å²) in [5.74, 6) is 5.58. The molecule has 0 fully saturated rings. The van der Waals surface area contributed by atoms with E-state index in [-0.39, 0.29) is 0 Å². The summed E-state index contributed by atoms with van der Waals surface area (Å²) in [7, 11) is 0. The van der Waals surface area contributed by atoms with Gasteiger partial charge in [-0.3, -0.25) is 9.78 Å². The van der Waals surface area contributed by atoms with Gasteiger partial charge in [0.25, 0.3) is 5.56 Å². The minimum atomic E-state index is -0.505. The molecular formula is C10H12N2O2. The lowest BCUT2D eigenvalue weighted by molar-refractivity contribution is 0.828. The molecule has 1 aromatic rings. The van der Waals surface area contributed by atoms with E-state index in [1.807, 2.05) is 0 Å². The van der Waals surface area contributed by atoms with Gasteiger partial charge in [0.2, 0.25) is 0 Å². The molecule has 74 valence electrons. The summed E-state index contributed by atoms with van der Waals surface area (Å²) >= 11 is 0. The second-order valence-electron chi connectivity index (χ2n) is 2.89. The fraction of sp³-hybridized carbons (Fsp3) is 0.400. The molecule has 0 saturated heterocycles. The highest BCUT2D eigenvalue weighted by molar-refractivity contribution is 5.28. The lowest BCUT2D eigenvalue weighted by atomic mass is 10.2. The average molecular weight is 192 g/mol. The Hall–Kier alpha value is -1.76. The first kappa shape index (κ1) is 10.3. The van der Waals surface area contributed by atoms with Gasteiger partial charge in [-0.25, -0.2) is 4.79 Å². The number of rotatable bonds is 2. The van der Waals surface area contributed by atoms with Crippen molar-refractivity contribution in [3.63, 3.8) is 0 Å². The minimum Gasteiger partial charge on any atom is -0.313 e. The highest BCUT2D eigenvalue weighted by atomic mass is 16.2. The van der Waals surface area contributed by atoms with Crippen LogP contribution in [-0.2, 0) is 0 Å². The molecule has 0 aliphatic rings. The highest BCUT2D eigenvalue weighted by Crippen LogP contribution is 1.91. The van der Waals surface area contributed by atoms with Crippen LogP contribution in [0.15, 0.2) is 15.8 Å². The molecule has 0 aromatic carbocycles. The van der Waals surface area contributed by atoms with Crippen LogP contribution in [0.5, 0.6) is 0 Å². The molecule has 14 heavy (non-hydrogen) atoms. The zero-order valence-electron chi connectivity index (χ0n) is 8.02. The van der Waals surface area contributed by atoms with E-state index in [9.17, 15) is 9.59 Å². The van der Waals surface area contributed by atoms with Crippen molar-refractivity contribution in [2.45, 2.75) is 26.2 Å². The van der Waals surface area contributed by atoms with Crippen molar-refractivity contribution in [1.29, 1.82) is 0 Å². The van der Waals surface area contributed by atoms with Crippen LogP contribution in [0.25, 0.3) is 0 Å². The van der Waals surface area contributed by atoms with Crippen LogP contribution in [0.1, 0.15) is 31.7 Å². The second kappa shape index (κ2) is 5.07. The molecule has 4 heteroatoms. The molecule has 2 N–H and O–H groups in total. The fourth-order valence-electron chi connectivity index (χ4n) is 0.926. The van der Waals surface area contributed by atoms with Gasteiger partial charge in [-0.1, -0.05) is 25.2 Å². The van der Waals surface area contributed by atoms with E-state index >= 15 is 0 Å². The Morgan fingerprint density at radius 3 is 2.86 bits per heavy atom. The monoisotopic (exact) mass is 192 g/mol. The van der Waals surface area contributed by atoms with Crippen molar-refractivity contribution < 1.29 is 0 Å². The van der Waals surface area contributed by atoms with E-state index in [2.05, 4.69) is 28.7 Å². The molecule has 1 rings (SSSR count). The van der Waals surface area contributed by atoms with E-state index in [4.69, 9.17) is 0 Å². The van der Waals surface area contributed by atoms with Crippen LogP contribution in [0.2, 0.25) is 0 Å². The van der Waals surface area contributed by atoms with Gasteiger partial charge < -0.3 is 4.98 Å². The van der Waals surface area contributed by atoms with E-state index in [0.29, 0.717) is 5.56 Å². The highest BCUT2D eigenvalue weighted by Gasteiger charge is 1.93. The average Bonchev–Trinajstić information content (AvgIpc) is 2.15. The topological polar surface area (TPSA) is 65.7 Å². The van der Waals surface area contributed by atoms with Crippen molar-refractivity contribution >= 4 is 0 Å². The van der Waals surface area contributed by atoms with Crippen molar-refractivity contribution in [1.82, 2.24) is 9.97 Å². The number of aromatic nitrogens is 2. The molecular weight excluding hydrogens is 180 g/mol. The van der Waals surface area contributed by atoms with Crippen LogP contribution >= 0.6 is 0 Å². The van der Waals surface area contributed by atoms with E-state index in [0.717, 1.165) is 19.3 Å². The van der Waals surface area contributed by atoms with E-state index in [1.54, 1.807) is 0 Å². The number of unbranched alkanes of at least 4 members (excludes halogenated alkanes) is 2. The van der Waals surface area contributed by atoms with Crippen LogP contribution in [0.4, 0.5) is 0 Å². The van der Waals surface area contributed by atoms with Crippen molar-refractivity contribution in [2.24, 2.45) is 0 Å². The Kier molecular flexibility index (Phi) is 3.74. The van der Waals surface area contributed by atoms with Gasteiger partial charge in [-0.15, -0.1) is 0 Å². The first-order chi connectivity index (χ1) is 6.74. The summed E-state index contributed by atoms with van der Waals surface area (Å²) in [6.07, 6.45) is 4.21. The minimum absolute atomic E-state index is 0.306. The number of aromatic amines is 2. The predicted molar refractivity (Wildman–Crippen MR) is 54.1 cm³/mol. The van der Waals surface area contributed by atoms with Crippen molar-refractivity contribution in [2.75, 3.05) is 0 Å². The van der Waals surface area contributed by atoms with Gasteiger partial charge in [-0.05, 0) is 6.42 Å². The molecule has 0 aliphatic carbocycles. The lowest BCUT2D eigenvalue weighted by Crippen LogP contribution is -2.23. The summed E-state index contributed by atoms with van der Waals surface area (Å²) in [5, 5.41) is 0. The summed E-state index contributed by atoms with van der Waals surface area (Å²) in [4.78, 5) is 26.3. The molecule has 0 saturated carbocycles. The standard InChI is InChI=1S/C10H12N2O2/c1-2-3-4-5-6-8-7-11-10(14)12-9(8)13/h7H,2-4H2,1H3,(H2,11,12,13,14). The van der Waals surface area contributed by atoms with Crippen LogP contribution in [0.3, 0.4) is 0 Å². The smallest absolute Gasteiger partial charge is 0.313 e. The Balaban J connectivity index is 2.80. The number of nitrogens with one attached hydrogen (secondary N) is 2. The van der Waals surface area contributed by atoms with E-state index in [1.165, 1.54) is 6.20 Å². The molecule has 0 atom stereocenters. The summed E-state index contributed by atoms with van der Waals surface area (Å²) < 4.78 is 0. The summed E-state index contributed by atoms with van der Waals surface area (Å²) in [5.41, 5.74) is -0.632. The Morgan fingerprint density at radius 2 is 2.21 bits per heavy atom. The third-order valence-corrected chi connectivity index (χ3v) is 1.70. The first-order valence-corrected chi connectivity index (χ1v) is 4.55. The SMILES string of the molecule is CCCCC#Cc1c[nH]c(=O)[nH]c1=O. The summed E-state index contributed by atoms with van der Waals surface area (Å²) in [6.45, 7) is 2.08. The summed E-state index contributed by atoms with van der Waals surface area (Å²) in [6, 6.07) is 0. The van der Waals surface area contributed by atoms with Crippen LogP contribution < -0.4 is 11.2 Å². The Labute approximate surface area is 81.4 Å². The van der Waals surface area contributed by atoms with Crippen molar-refractivity contribution in [3.05, 3.63) is 32.6 Å². The van der Waals surface area contributed by atoms with Gasteiger partial charge in [0, 0.05) is 12.6 Å². The second-order valence-corrected chi connectivity index (χ2v) is 2.89. The number of H-pyrrole nitrogens is 2. The maximum absolute atomic E-state index is 11.1. The van der Waals surface area contributed by atoms with Crippen LogP contribution in [-0.4, -0.2) is 9.97 Å². The molecule has 0 spiro atoms. The fourth-order valence-corrected chi connectivity index (χ4v) is 0.926. The molecule has 0 bridgehead atoms. The quantitative estimate of drug-likeness (QED) is 0.532. The Bertz CT molecular complexity index is 459. The third-order valence-electron chi connectivity index (χ3n) is 1.70. The zero-order chi connectivity index (χ0) is 10.4. The predicted octanol–water partition coefficient (Wildman–Crippen LogP) is 0.605. The van der Waals surface area contributed by atoms with E-state index < -0.39 is 11.2 Å². The molecule has 0 amide bonds. The van der Waals surface area contributed by atoms with Gasteiger partial charge >= 0.3 is 5.69 Å². The van der Waals surface area contributed by atoms with Gasteiger partial charge in [0.1, 0.15) is 5.56 Å². The van der Waals surface area contributed by atoms with Gasteiger partial charge in [-0.2, -0.15) is 0 Å². The Morgan fingerprint density at radius 1 is 1.43 bits per heavy atom. The molecule has 0 aliphatic heterocycles. The zero-order valence-corrected chi connectivity index (χ0v) is 8.02. The number of hydrogen-bond donors (Lipinski definition) is 2. The van der Waals surface area contributed by atoms with Crippen LogP contribution in [0, 0.1) is 11.8 Å². The van der Waals surface area contributed by atoms with Gasteiger partial charge in [0.15, 0.2) is 0 Å². The number of hydrogen-bond acceptors (Lipinski definition) is 2. The normalized spacial score (nSPS) is 9.21. The molecule has 0 unspecified atom stereocenters. The molecule has 0 radical (unpaired) electrons. The maximum atomic E-state index is 11.1. The largest absolute Gasteiger partial charge is 0.325 e.